The Morgan fingerprint density at radius 1 is 1.35 bits per heavy atom. The topological polar surface area (TPSA) is 95.2 Å². The van der Waals surface area contributed by atoms with Gasteiger partial charge in [0.05, 0.1) is 16.5 Å². The summed E-state index contributed by atoms with van der Waals surface area (Å²) in [5.74, 6) is -1.84. The Morgan fingerprint density at radius 2 is 1.94 bits per heavy atom. The van der Waals surface area contributed by atoms with Gasteiger partial charge in [0.2, 0.25) is 0 Å². The SMILES string of the molecule is Cc1cc(C)c(S(=O)(=O)CC#N)cc1C(=O)O. The Bertz CT molecular complexity index is 611. The number of hydrogen-bond acceptors (Lipinski definition) is 4. The van der Waals surface area contributed by atoms with E-state index in [-0.39, 0.29) is 10.5 Å². The first-order valence-corrected chi connectivity index (χ1v) is 6.39. The van der Waals surface area contributed by atoms with Crippen molar-refractivity contribution in [1.82, 2.24) is 0 Å². The van der Waals surface area contributed by atoms with Crippen molar-refractivity contribution < 1.29 is 18.3 Å². The Labute approximate surface area is 99.2 Å². The number of nitriles is 1. The predicted molar refractivity (Wildman–Crippen MR) is 60.5 cm³/mol. The molecule has 0 unspecified atom stereocenters. The molecule has 5 nitrogen and oxygen atoms in total. The van der Waals surface area contributed by atoms with Gasteiger partial charge in [-0.1, -0.05) is 6.07 Å². The fourth-order valence-electron chi connectivity index (χ4n) is 1.56. The highest BCUT2D eigenvalue weighted by Crippen LogP contribution is 2.21. The smallest absolute Gasteiger partial charge is 0.335 e. The van der Waals surface area contributed by atoms with E-state index in [1.807, 2.05) is 0 Å². The molecule has 0 spiro atoms. The third-order valence-electron chi connectivity index (χ3n) is 2.34. The molecule has 6 heteroatoms. The largest absolute Gasteiger partial charge is 0.478 e. The van der Waals surface area contributed by atoms with E-state index in [1.165, 1.54) is 6.07 Å². The van der Waals surface area contributed by atoms with Crippen LogP contribution in [0, 0.1) is 25.2 Å². The molecule has 0 saturated carbocycles. The number of sulfone groups is 1. The molecule has 0 atom stereocenters. The fourth-order valence-corrected chi connectivity index (χ4v) is 2.73. The highest BCUT2D eigenvalue weighted by atomic mass is 32.2. The first-order chi connectivity index (χ1) is 7.79. The van der Waals surface area contributed by atoms with Crippen LogP contribution in [0.15, 0.2) is 17.0 Å². The maximum Gasteiger partial charge on any atom is 0.335 e. The minimum absolute atomic E-state index is 0.0629. The van der Waals surface area contributed by atoms with Crippen molar-refractivity contribution in [3.8, 4) is 6.07 Å². The first-order valence-electron chi connectivity index (χ1n) is 4.74. The number of benzene rings is 1. The molecule has 0 radical (unpaired) electrons. The van der Waals surface area contributed by atoms with Crippen LogP contribution in [0.4, 0.5) is 0 Å². The standard InChI is InChI=1S/C11H11NO4S/c1-7-5-8(2)10(6-9(7)11(13)14)17(15,16)4-3-12/h5-6H,4H2,1-2H3,(H,13,14). The second kappa shape index (κ2) is 4.55. The molecule has 0 aliphatic rings. The molecule has 0 fully saturated rings. The van der Waals surface area contributed by atoms with Gasteiger partial charge in [0.25, 0.3) is 0 Å². The number of nitrogens with zero attached hydrogens (tertiary/aromatic N) is 1. The van der Waals surface area contributed by atoms with E-state index in [1.54, 1.807) is 19.9 Å². The molecule has 90 valence electrons. The van der Waals surface area contributed by atoms with Gasteiger partial charge in [0, 0.05) is 0 Å². The van der Waals surface area contributed by atoms with Crippen molar-refractivity contribution in [1.29, 1.82) is 5.26 Å². The summed E-state index contributed by atoms with van der Waals surface area (Å²) in [7, 11) is -3.74. The van der Waals surface area contributed by atoms with E-state index in [0.29, 0.717) is 11.1 Å². The van der Waals surface area contributed by atoms with Crippen LogP contribution in [0.3, 0.4) is 0 Å². The number of rotatable bonds is 3. The number of carbonyl (C=O) groups is 1. The monoisotopic (exact) mass is 253 g/mol. The van der Waals surface area contributed by atoms with Crippen LogP contribution in [-0.2, 0) is 9.84 Å². The summed E-state index contributed by atoms with van der Waals surface area (Å²) in [6.45, 7) is 3.17. The highest BCUT2D eigenvalue weighted by Gasteiger charge is 2.20. The van der Waals surface area contributed by atoms with Gasteiger partial charge in [-0.3, -0.25) is 0 Å². The Balaban J connectivity index is 3.52. The van der Waals surface area contributed by atoms with Crippen molar-refractivity contribution in [2.45, 2.75) is 18.7 Å². The minimum atomic E-state index is -3.74. The normalized spacial score (nSPS) is 10.9. The minimum Gasteiger partial charge on any atom is -0.478 e. The van der Waals surface area contributed by atoms with Crippen LogP contribution in [0.5, 0.6) is 0 Å². The van der Waals surface area contributed by atoms with E-state index >= 15 is 0 Å². The lowest BCUT2D eigenvalue weighted by molar-refractivity contribution is 0.0696. The average Bonchev–Trinajstić information content (AvgIpc) is 2.15. The van der Waals surface area contributed by atoms with Crippen molar-refractivity contribution >= 4 is 15.8 Å². The second-order valence-electron chi connectivity index (χ2n) is 3.65. The predicted octanol–water partition coefficient (Wildman–Crippen LogP) is 1.30. The van der Waals surface area contributed by atoms with Crippen molar-refractivity contribution in [2.75, 3.05) is 5.75 Å². The summed E-state index contributed by atoms with van der Waals surface area (Å²) in [5.41, 5.74) is 0.876. The average molecular weight is 253 g/mol. The van der Waals surface area contributed by atoms with E-state index in [2.05, 4.69) is 0 Å². The maximum atomic E-state index is 11.7. The van der Waals surface area contributed by atoms with E-state index in [4.69, 9.17) is 10.4 Å². The quantitative estimate of drug-likeness (QED) is 0.875. The van der Waals surface area contributed by atoms with Gasteiger partial charge in [-0.2, -0.15) is 5.26 Å². The molecule has 0 amide bonds. The van der Waals surface area contributed by atoms with E-state index < -0.39 is 21.6 Å². The third kappa shape index (κ3) is 2.63. The molecule has 0 heterocycles. The lowest BCUT2D eigenvalue weighted by Crippen LogP contribution is -2.10. The molecule has 1 aromatic carbocycles. The molecule has 0 aliphatic heterocycles. The molecular formula is C11H11NO4S. The molecular weight excluding hydrogens is 242 g/mol. The Kier molecular flexibility index (Phi) is 3.53. The Hall–Kier alpha value is -1.87. The van der Waals surface area contributed by atoms with Gasteiger partial charge < -0.3 is 5.11 Å². The molecule has 1 aromatic rings. The van der Waals surface area contributed by atoms with Gasteiger partial charge in [-0.05, 0) is 31.0 Å². The highest BCUT2D eigenvalue weighted by molar-refractivity contribution is 7.91. The zero-order valence-electron chi connectivity index (χ0n) is 9.39. The summed E-state index contributed by atoms with van der Waals surface area (Å²) in [4.78, 5) is 10.8. The first kappa shape index (κ1) is 13.2. The van der Waals surface area contributed by atoms with Crippen molar-refractivity contribution in [3.63, 3.8) is 0 Å². The summed E-state index contributed by atoms with van der Waals surface area (Å²) in [6.07, 6.45) is 0. The molecule has 17 heavy (non-hydrogen) atoms. The molecule has 1 N–H and O–H groups in total. The lowest BCUT2D eigenvalue weighted by atomic mass is 10.1. The van der Waals surface area contributed by atoms with Gasteiger partial charge >= 0.3 is 5.97 Å². The van der Waals surface area contributed by atoms with E-state index in [0.717, 1.165) is 6.07 Å². The van der Waals surface area contributed by atoms with Gasteiger partial charge in [-0.15, -0.1) is 0 Å². The van der Waals surface area contributed by atoms with Crippen LogP contribution in [0.2, 0.25) is 0 Å². The number of hydrogen-bond donors (Lipinski definition) is 1. The van der Waals surface area contributed by atoms with Crippen molar-refractivity contribution in [3.05, 3.63) is 28.8 Å². The molecule has 0 saturated heterocycles. The van der Waals surface area contributed by atoms with Crippen LogP contribution >= 0.6 is 0 Å². The Morgan fingerprint density at radius 3 is 2.41 bits per heavy atom. The summed E-state index contributed by atoms with van der Waals surface area (Å²) in [5, 5.41) is 17.4. The zero-order chi connectivity index (χ0) is 13.2. The fraction of sp³-hybridized carbons (Fsp3) is 0.273. The lowest BCUT2D eigenvalue weighted by Gasteiger charge is -2.08. The molecule has 0 aromatic heterocycles. The van der Waals surface area contributed by atoms with Crippen LogP contribution in [0.1, 0.15) is 21.5 Å². The maximum absolute atomic E-state index is 11.7. The number of carboxylic acids is 1. The van der Waals surface area contributed by atoms with Gasteiger partial charge in [0.1, 0.15) is 5.75 Å². The zero-order valence-corrected chi connectivity index (χ0v) is 10.2. The second-order valence-corrected chi connectivity index (χ2v) is 5.61. The van der Waals surface area contributed by atoms with Crippen LogP contribution in [0.25, 0.3) is 0 Å². The number of carboxylic acid groups (broad SMARTS) is 1. The summed E-state index contributed by atoms with van der Waals surface area (Å²) in [6, 6.07) is 4.17. The van der Waals surface area contributed by atoms with E-state index in [9.17, 15) is 13.2 Å². The summed E-state index contributed by atoms with van der Waals surface area (Å²) < 4.78 is 23.4. The van der Waals surface area contributed by atoms with Crippen LogP contribution < -0.4 is 0 Å². The summed E-state index contributed by atoms with van der Waals surface area (Å²) >= 11 is 0. The van der Waals surface area contributed by atoms with Gasteiger partial charge in [0.15, 0.2) is 9.84 Å². The van der Waals surface area contributed by atoms with Crippen LogP contribution in [-0.4, -0.2) is 25.2 Å². The molecule has 0 aliphatic carbocycles. The van der Waals surface area contributed by atoms with Gasteiger partial charge in [-0.25, -0.2) is 13.2 Å². The molecule has 1 rings (SSSR count). The number of aryl methyl sites for hydroxylation is 2. The number of aromatic carboxylic acids is 1. The molecule has 0 bridgehead atoms. The van der Waals surface area contributed by atoms with Crippen molar-refractivity contribution in [2.24, 2.45) is 0 Å². The third-order valence-corrected chi connectivity index (χ3v) is 3.96.